The van der Waals surface area contributed by atoms with Crippen molar-refractivity contribution in [2.24, 2.45) is 5.41 Å². The first kappa shape index (κ1) is 24.2. The van der Waals surface area contributed by atoms with Crippen LogP contribution in [0.25, 0.3) is 22.3 Å². The highest BCUT2D eigenvalue weighted by atomic mass is 16.5. The van der Waals surface area contributed by atoms with E-state index in [-0.39, 0.29) is 21.8 Å². The quantitative estimate of drug-likeness (QED) is 0.374. The zero-order valence-corrected chi connectivity index (χ0v) is 22.2. The Kier molecular flexibility index (Phi) is 5.20. The summed E-state index contributed by atoms with van der Waals surface area (Å²) < 4.78 is 6.45. The van der Waals surface area contributed by atoms with E-state index in [1.807, 2.05) is 24.3 Å². The highest BCUT2D eigenvalue weighted by Gasteiger charge is 2.74. The minimum absolute atomic E-state index is 0.0720. The van der Waals surface area contributed by atoms with Gasteiger partial charge in [-0.3, -0.25) is 0 Å². The van der Waals surface area contributed by atoms with Crippen LogP contribution in [0, 0.1) is 5.41 Å². The summed E-state index contributed by atoms with van der Waals surface area (Å²) in [6, 6.07) is 20.1. The number of aromatic carboxylic acids is 1. The maximum atomic E-state index is 11.3. The third-order valence-corrected chi connectivity index (χ3v) is 9.62. The van der Waals surface area contributed by atoms with Gasteiger partial charge in [-0.1, -0.05) is 64.1 Å². The molecule has 37 heavy (non-hydrogen) atoms. The molecule has 0 amide bonds. The summed E-state index contributed by atoms with van der Waals surface area (Å²) in [6.07, 6.45) is 5.06. The first-order chi connectivity index (χ1) is 17.4. The summed E-state index contributed by atoms with van der Waals surface area (Å²) in [5.74, 6) is -0.0970. The minimum Gasteiger partial charge on any atom is -0.492 e. The highest BCUT2D eigenvalue weighted by molar-refractivity contribution is 5.88. The third kappa shape index (κ3) is 3.88. The second kappa shape index (κ2) is 7.94. The molecule has 0 aliphatic heterocycles. The van der Waals surface area contributed by atoms with Crippen molar-refractivity contribution in [2.45, 2.75) is 76.2 Å². The average Bonchev–Trinajstić information content (AvgIpc) is 3.30. The maximum Gasteiger partial charge on any atom is 0.335 e. The lowest BCUT2D eigenvalue weighted by atomic mass is 9.63. The molecule has 3 aromatic carbocycles. The van der Waals surface area contributed by atoms with E-state index in [9.17, 15) is 15.0 Å². The van der Waals surface area contributed by atoms with E-state index in [4.69, 9.17) is 4.74 Å². The molecule has 2 saturated carbocycles. The van der Waals surface area contributed by atoms with Crippen LogP contribution in [-0.4, -0.2) is 28.4 Å². The lowest BCUT2D eigenvalue weighted by molar-refractivity contribution is -0.00297. The molecular formula is C33H36O4. The molecule has 3 aromatic rings. The number of ether oxygens (including phenoxy) is 1. The Bertz CT molecular complexity index is 1400. The van der Waals surface area contributed by atoms with Crippen LogP contribution >= 0.6 is 0 Å². The van der Waals surface area contributed by atoms with Gasteiger partial charge in [-0.2, -0.15) is 0 Å². The number of aliphatic hydroxyl groups is 1. The van der Waals surface area contributed by atoms with Crippen molar-refractivity contribution in [1.82, 2.24) is 0 Å². The second-order valence-electron chi connectivity index (χ2n) is 12.9. The molecule has 0 spiro atoms. The van der Waals surface area contributed by atoms with Crippen LogP contribution in [0.4, 0.5) is 0 Å². The number of carbonyl (C=O) groups is 1. The van der Waals surface area contributed by atoms with Crippen LogP contribution in [0.1, 0.15) is 81.3 Å². The summed E-state index contributed by atoms with van der Waals surface area (Å²) in [4.78, 5) is 11.3. The van der Waals surface area contributed by atoms with Gasteiger partial charge in [0.25, 0.3) is 0 Å². The van der Waals surface area contributed by atoms with Gasteiger partial charge in [-0.05, 0) is 95.0 Å². The first-order valence-corrected chi connectivity index (χ1v) is 13.4. The number of carboxylic acid groups (broad SMARTS) is 1. The normalized spacial score (nSPS) is 26.4. The van der Waals surface area contributed by atoms with Crippen LogP contribution in [0.5, 0.6) is 5.75 Å². The van der Waals surface area contributed by atoms with Crippen LogP contribution in [0.15, 0.2) is 60.7 Å². The molecule has 2 N–H and O–H groups in total. The van der Waals surface area contributed by atoms with Crippen molar-refractivity contribution in [3.05, 3.63) is 77.4 Å². The number of hydrogen-bond donors (Lipinski definition) is 2. The smallest absolute Gasteiger partial charge is 0.335 e. The van der Waals surface area contributed by atoms with E-state index >= 15 is 0 Å². The van der Waals surface area contributed by atoms with Gasteiger partial charge in [0.1, 0.15) is 5.75 Å². The van der Waals surface area contributed by atoms with E-state index in [1.165, 1.54) is 17.5 Å². The number of rotatable bonds is 6. The van der Waals surface area contributed by atoms with Gasteiger partial charge >= 0.3 is 5.97 Å². The molecule has 2 unspecified atom stereocenters. The Hall–Kier alpha value is -3.11. The molecule has 192 valence electrons. The molecule has 0 saturated heterocycles. The van der Waals surface area contributed by atoms with Gasteiger partial charge in [0.05, 0.1) is 17.8 Å². The fraction of sp³-hybridized carbons (Fsp3) is 0.424. The molecule has 0 radical (unpaired) electrons. The first-order valence-electron chi connectivity index (χ1n) is 13.4. The van der Waals surface area contributed by atoms with Crippen molar-refractivity contribution in [3.8, 4) is 28.0 Å². The van der Waals surface area contributed by atoms with E-state index < -0.39 is 11.6 Å². The second-order valence-corrected chi connectivity index (χ2v) is 12.9. The molecule has 3 aliphatic rings. The minimum atomic E-state index is -0.925. The summed E-state index contributed by atoms with van der Waals surface area (Å²) >= 11 is 0. The number of hydrogen-bond acceptors (Lipinski definition) is 3. The molecule has 4 nitrogen and oxygen atoms in total. The van der Waals surface area contributed by atoms with E-state index in [2.05, 4.69) is 52.0 Å². The Morgan fingerprint density at radius 2 is 1.43 bits per heavy atom. The van der Waals surface area contributed by atoms with Crippen molar-refractivity contribution < 1.29 is 19.7 Å². The molecule has 0 bridgehead atoms. The zero-order valence-electron chi connectivity index (χ0n) is 22.2. The number of benzene rings is 3. The molecular weight excluding hydrogens is 460 g/mol. The molecule has 2 fully saturated rings. The fourth-order valence-corrected chi connectivity index (χ4v) is 6.56. The van der Waals surface area contributed by atoms with Crippen LogP contribution in [0.2, 0.25) is 0 Å². The standard InChI is InChI=1S/C33H36O4/c1-30(2)13-14-31(3,4)27-18-24(9-11-26(27)30)25-17-23(21-5-7-22(8-6-21)29(34)35)10-12-28(25)37-20-32-15-16-33(32,36)19-32/h5-12,17-18,36H,13-16,19-20H2,1-4H3,(H,34,35). The van der Waals surface area contributed by atoms with Crippen LogP contribution in [0.3, 0.4) is 0 Å². The molecule has 4 heteroatoms. The predicted octanol–water partition coefficient (Wildman–Crippen LogP) is 7.36. The molecule has 3 aliphatic carbocycles. The van der Waals surface area contributed by atoms with Crippen molar-refractivity contribution in [2.75, 3.05) is 6.61 Å². The zero-order chi connectivity index (χ0) is 26.2. The van der Waals surface area contributed by atoms with Crippen LogP contribution in [-0.2, 0) is 10.8 Å². The summed E-state index contributed by atoms with van der Waals surface area (Å²) in [6.45, 7) is 9.89. The lowest BCUT2D eigenvalue weighted by Crippen LogP contribution is -2.35. The van der Waals surface area contributed by atoms with E-state index in [0.29, 0.717) is 6.61 Å². The largest absolute Gasteiger partial charge is 0.492 e. The van der Waals surface area contributed by atoms with Gasteiger partial charge in [0, 0.05) is 11.0 Å². The van der Waals surface area contributed by atoms with Crippen molar-refractivity contribution in [1.29, 1.82) is 0 Å². The third-order valence-electron chi connectivity index (χ3n) is 9.62. The summed E-state index contributed by atoms with van der Waals surface area (Å²) in [5.41, 5.74) is 6.90. The monoisotopic (exact) mass is 496 g/mol. The van der Waals surface area contributed by atoms with E-state index in [0.717, 1.165) is 53.7 Å². The van der Waals surface area contributed by atoms with Crippen molar-refractivity contribution >= 4 is 5.97 Å². The SMILES string of the molecule is CC1(C)CCC(C)(C)c2cc(-c3cc(-c4ccc(C(=O)O)cc4)ccc3OCC34CCC3(O)C4)ccc21. The molecule has 0 heterocycles. The number of fused-ring (bicyclic) bond motifs is 2. The Morgan fingerprint density at radius 1 is 0.784 bits per heavy atom. The van der Waals surface area contributed by atoms with Gasteiger partial charge in [-0.15, -0.1) is 0 Å². The highest BCUT2D eigenvalue weighted by Crippen LogP contribution is 2.70. The fourth-order valence-electron chi connectivity index (χ4n) is 6.56. The molecule has 0 aromatic heterocycles. The lowest BCUT2D eigenvalue weighted by Gasteiger charge is -2.42. The summed E-state index contributed by atoms with van der Waals surface area (Å²) in [7, 11) is 0. The molecule has 6 rings (SSSR count). The van der Waals surface area contributed by atoms with Gasteiger partial charge in [-0.25, -0.2) is 4.79 Å². The van der Waals surface area contributed by atoms with Gasteiger partial charge < -0.3 is 14.9 Å². The van der Waals surface area contributed by atoms with Crippen LogP contribution < -0.4 is 4.74 Å². The Morgan fingerprint density at radius 3 is 2.03 bits per heavy atom. The Labute approximate surface area is 219 Å². The van der Waals surface area contributed by atoms with E-state index in [1.54, 1.807) is 12.1 Å². The van der Waals surface area contributed by atoms with Gasteiger partial charge in [0.2, 0.25) is 0 Å². The average molecular weight is 497 g/mol. The van der Waals surface area contributed by atoms with Gasteiger partial charge in [0.15, 0.2) is 0 Å². The molecule has 2 atom stereocenters. The maximum absolute atomic E-state index is 11.3. The van der Waals surface area contributed by atoms with Crippen molar-refractivity contribution in [3.63, 3.8) is 0 Å². The Balaban J connectivity index is 1.42. The predicted molar refractivity (Wildman–Crippen MR) is 146 cm³/mol. The number of carboxylic acids is 1. The topological polar surface area (TPSA) is 66.8 Å². The summed E-state index contributed by atoms with van der Waals surface area (Å²) in [5, 5.41) is 19.9.